The van der Waals surface area contributed by atoms with Gasteiger partial charge in [0, 0.05) is 43.4 Å². The highest BCUT2D eigenvalue weighted by molar-refractivity contribution is 7.89. The molecular formula is C33H36F3N7O3S. The average molecular weight is 668 g/mol. The largest absolute Gasteiger partial charge is 0.384 e. The molecule has 0 radical (unpaired) electrons. The van der Waals surface area contributed by atoms with E-state index in [0.29, 0.717) is 42.6 Å². The molecule has 0 aliphatic carbocycles. The molecule has 1 saturated heterocycles. The number of benzene rings is 2. The molecule has 1 aliphatic rings. The summed E-state index contributed by atoms with van der Waals surface area (Å²) in [7, 11) is -3.85. The number of carbonyl (C=O) groups excluding carboxylic acids is 1. The molecule has 0 bridgehead atoms. The number of hydrogen-bond donors (Lipinski definition) is 4. The number of nitrogens with two attached hydrogens (primary N) is 2. The summed E-state index contributed by atoms with van der Waals surface area (Å²) < 4.78 is 71.5. The minimum absolute atomic E-state index is 0.0347. The van der Waals surface area contributed by atoms with Gasteiger partial charge < -0.3 is 22.1 Å². The van der Waals surface area contributed by atoms with E-state index in [9.17, 15) is 22.0 Å². The number of rotatable bonds is 11. The smallest absolute Gasteiger partial charge is 0.244 e. The number of nitrogens with one attached hydrogen (secondary N) is 2. The molecule has 47 heavy (non-hydrogen) atoms. The summed E-state index contributed by atoms with van der Waals surface area (Å²) in [6, 6.07) is 10.9. The summed E-state index contributed by atoms with van der Waals surface area (Å²) >= 11 is 0. The Balaban J connectivity index is 1.32. The Morgan fingerprint density at radius 2 is 1.81 bits per heavy atom. The Hall–Kier alpha value is -4.37. The maximum atomic E-state index is 15.1. The number of piperazine rings is 1. The number of halogens is 3. The molecule has 1 amide bonds. The average Bonchev–Trinajstić information content (AvgIpc) is 3.03. The number of nitrogens with zero attached hydrogens (tertiary/aromatic N) is 3. The third kappa shape index (κ3) is 7.96. The molecule has 0 saturated carbocycles. The lowest BCUT2D eigenvalue weighted by molar-refractivity contribution is -0.117. The van der Waals surface area contributed by atoms with Crippen LogP contribution in [-0.2, 0) is 21.2 Å². The zero-order valence-electron chi connectivity index (χ0n) is 25.7. The van der Waals surface area contributed by atoms with Crippen LogP contribution in [0.1, 0.15) is 41.0 Å². The number of aromatic nitrogens is 2. The van der Waals surface area contributed by atoms with E-state index in [0.717, 1.165) is 6.20 Å². The monoisotopic (exact) mass is 667 g/mol. The van der Waals surface area contributed by atoms with Gasteiger partial charge in [-0.3, -0.25) is 9.78 Å². The van der Waals surface area contributed by atoms with Crippen molar-refractivity contribution in [3.8, 4) is 0 Å². The van der Waals surface area contributed by atoms with Gasteiger partial charge in [-0.25, -0.2) is 26.6 Å². The molecule has 248 valence electrons. The lowest BCUT2D eigenvalue weighted by atomic mass is 9.84. The van der Waals surface area contributed by atoms with Crippen molar-refractivity contribution >= 4 is 27.4 Å². The van der Waals surface area contributed by atoms with Crippen LogP contribution in [0.3, 0.4) is 0 Å². The standard InChI is InChI=1S/C33H36F3N7O3S/c1-20-13-22(15-24(35)14-20)31(21-5-7-23(34)8-6-21)32(38)33(44)42-29-19-40-18-28(36)27(29)4-2-3-25-16-39-11-12-43(25)47(45,46)26-9-10-30(37)41-17-26/h5-10,13-15,17-19,25,31-32,39H,2-4,11-12,16,38H2,1H3,(H2,37,41)(H,42,44)/t25-,31-,32-/m0/s1. The topological polar surface area (TPSA) is 156 Å². The van der Waals surface area contributed by atoms with Gasteiger partial charge in [0.1, 0.15) is 28.2 Å². The van der Waals surface area contributed by atoms with E-state index in [2.05, 4.69) is 20.6 Å². The van der Waals surface area contributed by atoms with Gasteiger partial charge in [-0.1, -0.05) is 18.2 Å². The second-order valence-corrected chi connectivity index (χ2v) is 13.4. The molecule has 5 rings (SSSR count). The van der Waals surface area contributed by atoms with Crippen LogP contribution in [0.25, 0.3) is 0 Å². The number of amides is 1. The van der Waals surface area contributed by atoms with Gasteiger partial charge in [-0.2, -0.15) is 4.31 Å². The van der Waals surface area contributed by atoms with Crippen LogP contribution in [0, 0.1) is 24.4 Å². The number of pyridine rings is 2. The molecule has 6 N–H and O–H groups in total. The summed E-state index contributed by atoms with van der Waals surface area (Å²) in [6.45, 7) is 2.84. The number of sulfonamides is 1. The van der Waals surface area contributed by atoms with Crippen LogP contribution < -0.4 is 22.1 Å². The van der Waals surface area contributed by atoms with Crippen LogP contribution in [-0.4, -0.2) is 60.3 Å². The fraction of sp³-hybridized carbons (Fsp3) is 0.303. The zero-order valence-corrected chi connectivity index (χ0v) is 26.5. The number of hydrogen-bond acceptors (Lipinski definition) is 8. The predicted octanol–water partition coefficient (Wildman–Crippen LogP) is 3.87. The van der Waals surface area contributed by atoms with Crippen molar-refractivity contribution in [3.63, 3.8) is 0 Å². The molecule has 3 atom stereocenters. The van der Waals surface area contributed by atoms with E-state index in [-0.39, 0.29) is 34.9 Å². The number of aryl methyl sites for hydroxylation is 1. The maximum Gasteiger partial charge on any atom is 0.244 e. The third-order valence-corrected chi connectivity index (χ3v) is 10.1. The Morgan fingerprint density at radius 1 is 1.04 bits per heavy atom. The SMILES string of the molecule is Cc1cc(F)cc([C@H](c2ccc(F)cc2)[C@H](N)C(=O)Nc2cncc(F)c2CCC[C@H]2CNCCN2S(=O)(=O)c2ccc(N)nc2)c1. The first-order valence-corrected chi connectivity index (χ1v) is 16.5. The van der Waals surface area contributed by atoms with Gasteiger partial charge in [0.2, 0.25) is 15.9 Å². The highest BCUT2D eigenvalue weighted by Gasteiger charge is 2.34. The minimum Gasteiger partial charge on any atom is -0.384 e. The predicted molar refractivity (Wildman–Crippen MR) is 172 cm³/mol. The Bertz CT molecular complexity index is 1810. The molecule has 10 nitrogen and oxygen atoms in total. The number of nitrogen functional groups attached to an aromatic ring is 1. The van der Waals surface area contributed by atoms with Gasteiger partial charge in [0.15, 0.2) is 0 Å². The lowest BCUT2D eigenvalue weighted by Gasteiger charge is -2.35. The van der Waals surface area contributed by atoms with Crippen LogP contribution >= 0.6 is 0 Å². The molecule has 0 unspecified atom stereocenters. The van der Waals surface area contributed by atoms with Crippen LogP contribution in [0.4, 0.5) is 24.7 Å². The molecule has 14 heteroatoms. The van der Waals surface area contributed by atoms with Crippen LogP contribution in [0.15, 0.2) is 78.1 Å². The van der Waals surface area contributed by atoms with Gasteiger partial charge in [-0.15, -0.1) is 0 Å². The first kappa shape index (κ1) is 34.0. The molecule has 3 heterocycles. The van der Waals surface area contributed by atoms with Crippen molar-refractivity contribution in [2.75, 3.05) is 30.7 Å². The fourth-order valence-corrected chi connectivity index (χ4v) is 7.51. The molecule has 4 aromatic rings. The second-order valence-electron chi connectivity index (χ2n) is 11.5. The Kier molecular flexibility index (Phi) is 10.5. The second kappa shape index (κ2) is 14.6. The number of anilines is 2. The highest BCUT2D eigenvalue weighted by Crippen LogP contribution is 2.31. The van der Waals surface area contributed by atoms with E-state index in [1.165, 1.54) is 65.2 Å². The molecule has 1 aliphatic heterocycles. The van der Waals surface area contributed by atoms with Crippen molar-refractivity contribution in [1.29, 1.82) is 0 Å². The van der Waals surface area contributed by atoms with Gasteiger partial charge in [0.05, 0.1) is 24.1 Å². The summed E-state index contributed by atoms with van der Waals surface area (Å²) in [5, 5.41) is 5.90. The van der Waals surface area contributed by atoms with Gasteiger partial charge in [-0.05, 0) is 79.3 Å². The fourth-order valence-electron chi connectivity index (χ4n) is 5.91. The van der Waals surface area contributed by atoms with Crippen molar-refractivity contribution < 1.29 is 26.4 Å². The van der Waals surface area contributed by atoms with Gasteiger partial charge in [0.25, 0.3) is 0 Å². The lowest BCUT2D eigenvalue weighted by Crippen LogP contribution is -2.53. The van der Waals surface area contributed by atoms with Crippen molar-refractivity contribution in [3.05, 3.63) is 113 Å². The summed E-state index contributed by atoms with van der Waals surface area (Å²) in [6.07, 6.45) is 4.53. The Labute approximate surface area is 271 Å². The first-order valence-electron chi connectivity index (χ1n) is 15.1. The van der Waals surface area contributed by atoms with E-state index >= 15 is 4.39 Å². The van der Waals surface area contributed by atoms with E-state index < -0.39 is 51.4 Å². The molecule has 2 aromatic carbocycles. The van der Waals surface area contributed by atoms with E-state index in [1.807, 2.05) is 0 Å². The molecular weight excluding hydrogens is 631 g/mol. The normalized spacial score (nSPS) is 16.8. The van der Waals surface area contributed by atoms with Crippen molar-refractivity contribution in [2.24, 2.45) is 5.73 Å². The molecule has 2 aromatic heterocycles. The van der Waals surface area contributed by atoms with Gasteiger partial charge >= 0.3 is 0 Å². The van der Waals surface area contributed by atoms with Crippen molar-refractivity contribution in [1.82, 2.24) is 19.6 Å². The third-order valence-electron chi connectivity index (χ3n) is 8.20. The molecule has 1 fully saturated rings. The quantitative estimate of drug-likeness (QED) is 0.188. The van der Waals surface area contributed by atoms with E-state index in [1.54, 1.807) is 13.0 Å². The maximum absolute atomic E-state index is 15.1. The number of carbonyl (C=O) groups is 1. The van der Waals surface area contributed by atoms with E-state index in [4.69, 9.17) is 11.5 Å². The summed E-state index contributed by atoms with van der Waals surface area (Å²) in [5.74, 6) is -2.96. The minimum atomic E-state index is -3.85. The molecule has 0 spiro atoms. The summed E-state index contributed by atoms with van der Waals surface area (Å²) in [4.78, 5) is 21.4. The van der Waals surface area contributed by atoms with Crippen LogP contribution in [0.2, 0.25) is 0 Å². The summed E-state index contributed by atoms with van der Waals surface area (Å²) in [5.41, 5.74) is 13.9. The zero-order chi connectivity index (χ0) is 33.7. The highest BCUT2D eigenvalue weighted by atomic mass is 32.2. The first-order chi connectivity index (χ1) is 22.4. The Morgan fingerprint density at radius 3 is 2.51 bits per heavy atom. The van der Waals surface area contributed by atoms with Crippen molar-refractivity contribution in [2.45, 2.75) is 49.1 Å². The van der Waals surface area contributed by atoms with Crippen LogP contribution in [0.5, 0.6) is 0 Å².